The van der Waals surface area contributed by atoms with Crippen LogP contribution < -0.4 is 10.1 Å². The van der Waals surface area contributed by atoms with Crippen molar-refractivity contribution in [3.63, 3.8) is 0 Å². The van der Waals surface area contributed by atoms with Crippen LogP contribution in [0.4, 0.5) is 0 Å². The van der Waals surface area contributed by atoms with Crippen LogP contribution in [-0.2, 0) is 4.74 Å². The quantitative estimate of drug-likeness (QED) is 0.765. The molecule has 17 heavy (non-hydrogen) atoms. The van der Waals surface area contributed by atoms with Crippen LogP contribution in [0.1, 0.15) is 5.56 Å². The van der Waals surface area contributed by atoms with Crippen LogP contribution in [0.5, 0.6) is 5.75 Å². The monoisotopic (exact) mass is 237 g/mol. The zero-order valence-electron chi connectivity index (χ0n) is 10.1. The highest BCUT2D eigenvalue weighted by Gasteiger charge is 2.18. The van der Waals surface area contributed by atoms with Gasteiger partial charge in [-0.05, 0) is 24.6 Å². The number of aliphatic hydroxyl groups excluding tert-OH is 1. The predicted molar refractivity (Wildman–Crippen MR) is 65.3 cm³/mol. The van der Waals surface area contributed by atoms with E-state index in [1.165, 1.54) is 0 Å². The van der Waals surface area contributed by atoms with E-state index in [0.717, 1.165) is 24.5 Å². The summed E-state index contributed by atoms with van der Waals surface area (Å²) in [6, 6.07) is 8.21. The summed E-state index contributed by atoms with van der Waals surface area (Å²) in [6.45, 7) is 4.35. The minimum absolute atomic E-state index is 0.310. The predicted octanol–water partition coefficient (Wildman–Crippen LogP) is 0.723. The fourth-order valence-electron chi connectivity index (χ4n) is 1.61. The van der Waals surface area contributed by atoms with Crippen molar-refractivity contribution in [3.05, 3.63) is 29.8 Å². The van der Waals surface area contributed by atoms with E-state index in [-0.39, 0.29) is 0 Å². The molecule has 0 aromatic heterocycles. The van der Waals surface area contributed by atoms with Gasteiger partial charge in [0.25, 0.3) is 0 Å². The number of hydrogen-bond acceptors (Lipinski definition) is 4. The van der Waals surface area contributed by atoms with E-state index in [9.17, 15) is 5.11 Å². The molecule has 1 fully saturated rings. The molecule has 0 radical (unpaired) electrons. The van der Waals surface area contributed by atoms with Gasteiger partial charge in [-0.2, -0.15) is 0 Å². The number of nitrogens with one attached hydrogen (secondary N) is 1. The average molecular weight is 237 g/mol. The van der Waals surface area contributed by atoms with Gasteiger partial charge in [-0.1, -0.05) is 12.1 Å². The fraction of sp³-hybridized carbons (Fsp3) is 0.538. The van der Waals surface area contributed by atoms with Crippen molar-refractivity contribution in [2.24, 2.45) is 0 Å². The normalized spacial score (nSPS) is 17.5. The third kappa shape index (κ3) is 4.00. The fourth-order valence-corrected chi connectivity index (χ4v) is 1.61. The first-order chi connectivity index (χ1) is 8.24. The molecule has 0 amide bonds. The molecule has 4 nitrogen and oxygen atoms in total. The van der Waals surface area contributed by atoms with Crippen molar-refractivity contribution in [1.82, 2.24) is 5.32 Å². The lowest BCUT2D eigenvalue weighted by Crippen LogP contribution is -2.49. The number of rotatable bonds is 6. The first kappa shape index (κ1) is 12.4. The summed E-state index contributed by atoms with van der Waals surface area (Å²) in [5.74, 6) is 0.802. The second-order valence-corrected chi connectivity index (χ2v) is 4.42. The molecular formula is C13H19NO3. The highest BCUT2D eigenvalue weighted by Crippen LogP contribution is 2.12. The molecule has 1 heterocycles. The Hall–Kier alpha value is -1.10. The van der Waals surface area contributed by atoms with Gasteiger partial charge in [0.2, 0.25) is 0 Å². The topological polar surface area (TPSA) is 50.7 Å². The largest absolute Gasteiger partial charge is 0.491 e. The first-order valence-electron chi connectivity index (χ1n) is 5.92. The first-order valence-corrected chi connectivity index (χ1v) is 5.92. The maximum absolute atomic E-state index is 9.72. The standard InChI is InChI=1S/C13H19NO3/c1-10-3-2-4-13(5-10)17-9-12(15)6-14-11-7-16-8-11/h2-5,11-12,14-15H,6-9H2,1H3. The SMILES string of the molecule is Cc1cccc(OCC(O)CNC2COC2)c1. The molecule has 2 N–H and O–H groups in total. The molecule has 1 aromatic carbocycles. The molecule has 0 bridgehead atoms. The Bertz CT molecular complexity index is 352. The van der Waals surface area contributed by atoms with E-state index in [1.807, 2.05) is 31.2 Å². The third-order valence-electron chi connectivity index (χ3n) is 2.71. The van der Waals surface area contributed by atoms with Crippen molar-refractivity contribution in [2.45, 2.75) is 19.1 Å². The van der Waals surface area contributed by atoms with Crippen LogP contribution >= 0.6 is 0 Å². The number of aliphatic hydroxyl groups is 1. The van der Waals surface area contributed by atoms with Crippen LogP contribution in [-0.4, -0.2) is 43.6 Å². The number of ether oxygens (including phenoxy) is 2. The summed E-state index contributed by atoms with van der Waals surface area (Å²) in [7, 11) is 0. The van der Waals surface area contributed by atoms with Crippen molar-refractivity contribution in [3.8, 4) is 5.75 Å². The second kappa shape index (κ2) is 6.00. The van der Waals surface area contributed by atoms with Gasteiger partial charge in [0.15, 0.2) is 0 Å². The molecule has 4 heteroatoms. The minimum atomic E-state index is -0.490. The second-order valence-electron chi connectivity index (χ2n) is 4.42. The van der Waals surface area contributed by atoms with Crippen molar-refractivity contribution >= 4 is 0 Å². The lowest BCUT2D eigenvalue weighted by atomic mass is 10.2. The molecule has 2 rings (SSSR count). The maximum atomic E-state index is 9.72. The molecular weight excluding hydrogens is 218 g/mol. The van der Waals surface area contributed by atoms with Crippen LogP contribution in [0.25, 0.3) is 0 Å². The summed E-state index contributed by atoms with van der Waals surface area (Å²) in [5.41, 5.74) is 1.15. The molecule has 1 aliphatic heterocycles. The number of benzene rings is 1. The zero-order valence-corrected chi connectivity index (χ0v) is 10.1. The third-order valence-corrected chi connectivity index (χ3v) is 2.71. The minimum Gasteiger partial charge on any atom is -0.491 e. The Balaban J connectivity index is 1.66. The smallest absolute Gasteiger partial charge is 0.119 e. The Kier molecular flexibility index (Phi) is 4.36. The van der Waals surface area contributed by atoms with Gasteiger partial charge in [0, 0.05) is 6.54 Å². The molecule has 1 aromatic rings. The van der Waals surface area contributed by atoms with Crippen LogP contribution in [0.3, 0.4) is 0 Å². The van der Waals surface area contributed by atoms with E-state index in [0.29, 0.717) is 19.2 Å². The summed E-state index contributed by atoms with van der Waals surface area (Å²) >= 11 is 0. The zero-order chi connectivity index (χ0) is 12.1. The highest BCUT2D eigenvalue weighted by atomic mass is 16.5. The Morgan fingerprint density at radius 3 is 3.00 bits per heavy atom. The molecule has 94 valence electrons. The van der Waals surface area contributed by atoms with Gasteiger partial charge in [0.05, 0.1) is 19.3 Å². The van der Waals surface area contributed by atoms with Gasteiger partial charge in [-0.25, -0.2) is 0 Å². The molecule has 1 unspecified atom stereocenters. The van der Waals surface area contributed by atoms with Gasteiger partial charge >= 0.3 is 0 Å². The van der Waals surface area contributed by atoms with E-state index in [2.05, 4.69) is 5.32 Å². The summed E-state index contributed by atoms with van der Waals surface area (Å²) in [5, 5.41) is 12.9. The van der Waals surface area contributed by atoms with E-state index in [4.69, 9.17) is 9.47 Å². The van der Waals surface area contributed by atoms with Gasteiger partial charge in [0.1, 0.15) is 18.5 Å². The van der Waals surface area contributed by atoms with Gasteiger partial charge < -0.3 is 19.9 Å². The molecule has 1 aliphatic rings. The van der Waals surface area contributed by atoms with E-state index in [1.54, 1.807) is 0 Å². The highest BCUT2D eigenvalue weighted by molar-refractivity contribution is 5.27. The van der Waals surface area contributed by atoms with Crippen molar-refractivity contribution in [1.29, 1.82) is 0 Å². The Morgan fingerprint density at radius 2 is 2.35 bits per heavy atom. The van der Waals surface area contributed by atoms with Crippen LogP contribution in [0.2, 0.25) is 0 Å². The molecule has 0 aliphatic carbocycles. The van der Waals surface area contributed by atoms with Crippen LogP contribution in [0, 0.1) is 6.92 Å². The number of hydrogen-bond donors (Lipinski definition) is 2. The van der Waals surface area contributed by atoms with Crippen molar-refractivity contribution < 1.29 is 14.6 Å². The molecule has 1 saturated heterocycles. The Labute approximate surface area is 102 Å². The van der Waals surface area contributed by atoms with Crippen molar-refractivity contribution in [2.75, 3.05) is 26.4 Å². The van der Waals surface area contributed by atoms with E-state index < -0.39 is 6.10 Å². The van der Waals surface area contributed by atoms with Crippen LogP contribution in [0.15, 0.2) is 24.3 Å². The lowest BCUT2D eigenvalue weighted by Gasteiger charge is -2.28. The molecule has 1 atom stereocenters. The number of aryl methyl sites for hydroxylation is 1. The molecule has 0 saturated carbocycles. The maximum Gasteiger partial charge on any atom is 0.119 e. The lowest BCUT2D eigenvalue weighted by molar-refractivity contribution is -0.0118. The van der Waals surface area contributed by atoms with Gasteiger partial charge in [-0.15, -0.1) is 0 Å². The summed E-state index contributed by atoms with van der Waals surface area (Å²) < 4.78 is 10.5. The molecule has 0 spiro atoms. The Morgan fingerprint density at radius 1 is 1.53 bits per heavy atom. The summed E-state index contributed by atoms with van der Waals surface area (Å²) in [4.78, 5) is 0. The van der Waals surface area contributed by atoms with E-state index >= 15 is 0 Å². The van der Waals surface area contributed by atoms with Gasteiger partial charge in [-0.3, -0.25) is 0 Å². The average Bonchev–Trinajstić information content (AvgIpc) is 2.24. The summed E-state index contributed by atoms with van der Waals surface area (Å²) in [6.07, 6.45) is -0.490.